The first kappa shape index (κ1) is 17.4. The first-order valence-corrected chi connectivity index (χ1v) is 6.83. The SMILES string of the molecule is CCOC(CNC(=O)c1cccc([N+](=O)[O-])c1Cl)OCC. The largest absolute Gasteiger partial charge is 0.351 e. The molecule has 1 amide bonds. The van der Waals surface area contributed by atoms with E-state index in [2.05, 4.69) is 5.32 Å². The molecule has 116 valence electrons. The third-order valence-electron chi connectivity index (χ3n) is 2.55. The Labute approximate surface area is 127 Å². The van der Waals surface area contributed by atoms with Crippen molar-refractivity contribution in [2.45, 2.75) is 20.1 Å². The number of rotatable bonds is 8. The van der Waals surface area contributed by atoms with Crippen molar-refractivity contribution in [3.8, 4) is 0 Å². The summed E-state index contributed by atoms with van der Waals surface area (Å²) in [6.45, 7) is 4.63. The van der Waals surface area contributed by atoms with Gasteiger partial charge in [-0.15, -0.1) is 0 Å². The molecule has 0 aliphatic heterocycles. The summed E-state index contributed by atoms with van der Waals surface area (Å²) in [5.41, 5.74) is -0.270. The normalized spacial score (nSPS) is 10.7. The van der Waals surface area contributed by atoms with Gasteiger partial charge in [0.15, 0.2) is 6.29 Å². The second-order valence-electron chi connectivity index (χ2n) is 3.95. The van der Waals surface area contributed by atoms with Crippen LogP contribution < -0.4 is 5.32 Å². The lowest BCUT2D eigenvalue weighted by Crippen LogP contribution is -2.35. The van der Waals surface area contributed by atoms with Crippen molar-refractivity contribution >= 4 is 23.2 Å². The Hall–Kier alpha value is -1.70. The van der Waals surface area contributed by atoms with Crippen LogP contribution in [0.3, 0.4) is 0 Å². The second-order valence-corrected chi connectivity index (χ2v) is 4.32. The Bertz CT molecular complexity index is 503. The Kier molecular flexibility index (Phi) is 7.07. The van der Waals surface area contributed by atoms with Gasteiger partial charge in [-0.25, -0.2) is 0 Å². The predicted molar refractivity (Wildman–Crippen MR) is 77.5 cm³/mol. The molecule has 0 atom stereocenters. The molecular formula is C13H17ClN2O5. The molecule has 0 aliphatic carbocycles. The molecule has 0 spiro atoms. The Balaban J connectivity index is 2.76. The molecule has 8 heteroatoms. The third-order valence-corrected chi connectivity index (χ3v) is 2.95. The number of nitro benzene ring substituents is 1. The highest BCUT2D eigenvalue weighted by Crippen LogP contribution is 2.27. The van der Waals surface area contributed by atoms with Crippen molar-refractivity contribution < 1.29 is 19.2 Å². The number of halogens is 1. The molecule has 1 N–H and O–H groups in total. The van der Waals surface area contributed by atoms with Gasteiger partial charge in [-0.3, -0.25) is 14.9 Å². The Morgan fingerprint density at radius 3 is 2.52 bits per heavy atom. The number of nitrogens with one attached hydrogen (secondary N) is 1. The minimum atomic E-state index is -0.637. The predicted octanol–water partition coefficient (Wildman–Crippen LogP) is 2.38. The number of amides is 1. The fourth-order valence-electron chi connectivity index (χ4n) is 1.65. The summed E-state index contributed by atoms with van der Waals surface area (Å²) < 4.78 is 10.6. The number of nitrogens with zero attached hydrogens (tertiary/aromatic N) is 1. The van der Waals surface area contributed by atoms with E-state index < -0.39 is 17.1 Å². The number of hydrogen-bond acceptors (Lipinski definition) is 5. The van der Waals surface area contributed by atoms with Crippen molar-refractivity contribution in [1.82, 2.24) is 5.32 Å². The van der Waals surface area contributed by atoms with Gasteiger partial charge < -0.3 is 14.8 Å². The average molecular weight is 317 g/mol. The highest BCUT2D eigenvalue weighted by molar-refractivity contribution is 6.35. The van der Waals surface area contributed by atoms with E-state index >= 15 is 0 Å². The fourth-order valence-corrected chi connectivity index (χ4v) is 1.93. The molecule has 0 saturated carbocycles. The maximum absolute atomic E-state index is 12.0. The van der Waals surface area contributed by atoms with Crippen LogP contribution in [-0.4, -0.2) is 36.9 Å². The van der Waals surface area contributed by atoms with Crippen LogP contribution in [0.1, 0.15) is 24.2 Å². The molecule has 1 aromatic carbocycles. The maximum Gasteiger partial charge on any atom is 0.288 e. The van der Waals surface area contributed by atoms with E-state index in [0.717, 1.165) is 0 Å². The zero-order valence-corrected chi connectivity index (χ0v) is 12.6. The molecule has 0 bridgehead atoms. The molecule has 1 aromatic rings. The highest BCUT2D eigenvalue weighted by atomic mass is 35.5. The number of hydrogen-bond donors (Lipinski definition) is 1. The number of carbonyl (C=O) groups is 1. The van der Waals surface area contributed by atoms with Crippen LogP contribution in [0.25, 0.3) is 0 Å². The monoisotopic (exact) mass is 316 g/mol. The lowest BCUT2D eigenvalue weighted by Gasteiger charge is -2.17. The summed E-state index contributed by atoms with van der Waals surface area (Å²) >= 11 is 5.87. The Morgan fingerprint density at radius 1 is 1.38 bits per heavy atom. The quantitative estimate of drug-likeness (QED) is 0.451. The smallest absolute Gasteiger partial charge is 0.288 e. The van der Waals surface area contributed by atoms with Crippen molar-refractivity contribution in [2.75, 3.05) is 19.8 Å². The zero-order valence-electron chi connectivity index (χ0n) is 11.8. The molecule has 1 rings (SSSR count). The molecule has 0 heterocycles. The molecule has 0 saturated heterocycles. The molecular weight excluding hydrogens is 300 g/mol. The first-order valence-electron chi connectivity index (χ1n) is 6.45. The van der Waals surface area contributed by atoms with E-state index in [1.807, 2.05) is 13.8 Å². The van der Waals surface area contributed by atoms with Gasteiger partial charge in [-0.1, -0.05) is 17.7 Å². The van der Waals surface area contributed by atoms with Crippen LogP contribution in [0.5, 0.6) is 0 Å². The van der Waals surface area contributed by atoms with Crippen molar-refractivity contribution in [2.24, 2.45) is 0 Å². The second kappa shape index (κ2) is 8.56. The van der Waals surface area contributed by atoms with Crippen LogP contribution in [-0.2, 0) is 9.47 Å². The van der Waals surface area contributed by atoms with Crippen LogP contribution in [0.15, 0.2) is 18.2 Å². The lowest BCUT2D eigenvalue weighted by atomic mass is 10.2. The highest BCUT2D eigenvalue weighted by Gasteiger charge is 2.20. The summed E-state index contributed by atoms with van der Waals surface area (Å²) in [4.78, 5) is 22.2. The van der Waals surface area contributed by atoms with Crippen LogP contribution in [0.2, 0.25) is 5.02 Å². The molecule has 0 unspecified atom stereocenters. The van der Waals surface area contributed by atoms with E-state index in [1.165, 1.54) is 18.2 Å². The summed E-state index contributed by atoms with van der Waals surface area (Å²) in [5, 5.41) is 13.2. The van der Waals surface area contributed by atoms with Gasteiger partial charge in [0.1, 0.15) is 5.02 Å². The van der Waals surface area contributed by atoms with E-state index in [4.69, 9.17) is 21.1 Å². The summed E-state index contributed by atoms with van der Waals surface area (Å²) in [6.07, 6.45) is -0.568. The molecule has 0 aliphatic rings. The molecule has 0 radical (unpaired) electrons. The number of ether oxygens (including phenoxy) is 2. The number of benzene rings is 1. The molecule has 7 nitrogen and oxygen atoms in total. The third kappa shape index (κ3) is 4.96. The topological polar surface area (TPSA) is 90.7 Å². The van der Waals surface area contributed by atoms with E-state index in [9.17, 15) is 14.9 Å². The van der Waals surface area contributed by atoms with Gasteiger partial charge in [0.05, 0.1) is 17.0 Å². The van der Waals surface area contributed by atoms with Gasteiger partial charge >= 0.3 is 0 Å². The number of nitro groups is 1. The number of carbonyl (C=O) groups excluding carboxylic acids is 1. The summed E-state index contributed by atoms with van der Waals surface area (Å²) in [5.74, 6) is -0.520. The molecule has 21 heavy (non-hydrogen) atoms. The zero-order chi connectivity index (χ0) is 15.8. The van der Waals surface area contributed by atoms with Crippen LogP contribution >= 0.6 is 11.6 Å². The van der Waals surface area contributed by atoms with Crippen LogP contribution in [0, 0.1) is 10.1 Å². The fraction of sp³-hybridized carbons (Fsp3) is 0.462. The van der Waals surface area contributed by atoms with Gasteiger partial charge in [0.2, 0.25) is 0 Å². The van der Waals surface area contributed by atoms with Crippen molar-refractivity contribution in [3.63, 3.8) is 0 Å². The minimum Gasteiger partial charge on any atom is -0.351 e. The molecule has 0 fully saturated rings. The van der Waals surface area contributed by atoms with Gasteiger partial charge in [0, 0.05) is 19.3 Å². The molecule has 0 aromatic heterocycles. The van der Waals surface area contributed by atoms with Crippen molar-refractivity contribution in [3.05, 3.63) is 38.9 Å². The van der Waals surface area contributed by atoms with Crippen molar-refractivity contribution in [1.29, 1.82) is 0 Å². The average Bonchev–Trinajstić information content (AvgIpc) is 2.44. The summed E-state index contributed by atoms with van der Waals surface area (Å²) in [7, 11) is 0. The first-order chi connectivity index (χ1) is 10.0. The summed E-state index contributed by atoms with van der Waals surface area (Å²) in [6, 6.07) is 4.06. The standard InChI is InChI=1S/C13H17ClN2O5/c1-3-20-11(21-4-2)8-15-13(17)9-6-5-7-10(12(9)14)16(18)19/h5-7,11H,3-4,8H2,1-2H3,(H,15,17). The van der Waals surface area contributed by atoms with Gasteiger partial charge in [0.25, 0.3) is 11.6 Å². The van der Waals surface area contributed by atoms with E-state index in [1.54, 1.807) is 0 Å². The minimum absolute atomic E-state index is 0.0395. The lowest BCUT2D eigenvalue weighted by molar-refractivity contribution is -0.384. The van der Waals surface area contributed by atoms with E-state index in [-0.39, 0.29) is 22.8 Å². The van der Waals surface area contributed by atoms with Gasteiger partial charge in [-0.05, 0) is 19.9 Å². The van der Waals surface area contributed by atoms with E-state index in [0.29, 0.717) is 13.2 Å². The van der Waals surface area contributed by atoms with Crippen LogP contribution in [0.4, 0.5) is 5.69 Å². The Morgan fingerprint density at radius 2 is 2.00 bits per heavy atom. The maximum atomic E-state index is 12.0. The van der Waals surface area contributed by atoms with Gasteiger partial charge in [-0.2, -0.15) is 0 Å².